The monoisotopic (exact) mass is 306 g/mol. The fourth-order valence-corrected chi connectivity index (χ4v) is 3.01. The standard InChI is InChI=1S/C16H23N2O2P/c1-3-9-18(10-4-2)11-8-13-12-17-14-6-5-7-15(16(13)14)20-21-19/h5-7,12,17H,3-4,8-11H2,1-2H3. The number of fused-ring (bicyclic) bond motifs is 1. The van der Waals surface area contributed by atoms with Gasteiger partial charge in [0.1, 0.15) is 5.75 Å². The second-order valence-corrected chi connectivity index (χ2v) is 5.58. The molecule has 2 aromatic rings. The minimum atomic E-state index is -0.311. The van der Waals surface area contributed by atoms with Crippen LogP contribution >= 0.6 is 8.69 Å². The van der Waals surface area contributed by atoms with Gasteiger partial charge in [0.15, 0.2) is 0 Å². The van der Waals surface area contributed by atoms with Gasteiger partial charge >= 0.3 is 8.69 Å². The summed E-state index contributed by atoms with van der Waals surface area (Å²) >= 11 is 0. The topological polar surface area (TPSA) is 45.3 Å². The van der Waals surface area contributed by atoms with Crippen molar-refractivity contribution >= 4 is 19.6 Å². The molecule has 0 aliphatic heterocycles. The fraction of sp³-hybridized carbons (Fsp3) is 0.500. The van der Waals surface area contributed by atoms with E-state index in [0.717, 1.165) is 37.0 Å². The van der Waals surface area contributed by atoms with Gasteiger partial charge in [-0.05, 0) is 50.0 Å². The normalized spacial score (nSPS) is 11.6. The number of H-pyrrole nitrogens is 1. The van der Waals surface area contributed by atoms with Gasteiger partial charge in [-0.1, -0.05) is 19.9 Å². The maximum atomic E-state index is 10.7. The summed E-state index contributed by atoms with van der Waals surface area (Å²) in [5.74, 6) is 0.679. The van der Waals surface area contributed by atoms with Crippen molar-refractivity contribution in [2.45, 2.75) is 33.1 Å². The molecule has 2 rings (SSSR count). The Morgan fingerprint density at radius 1 is 1.19 bits per heavy atom. The van der Waals surface area contributed by atoms with Crippen LogP contribution in [0.1, 0.15) is 32.3 Å². The highest BCUT2D eigenvalue weighted by Gasteiger charge is 2.11. The number of nitrogens with zero attached hydrogens (tertiary/aromatic N) is 1. The van der Waals surface area contributed by atoms with Gasteiger partial charge in [-0.15, -0.1) is 0 Å². The average Bonchev–Trinajstić information content (AvgIpc) is 2.90. The predicted molar refractivity (Wildman–Crippen MR) is 87.3 cm³/mol. The van der Waals surface area contributed by atoms with Crippen molar-refractivity contribution in [1.82, 2.24) is 9.88 Å². The maximum Gasteiger partial charge on any atom is 0.395 e. The lowest BCUT2D eigenvalue weighted by atomic mass is 10.1. The second kappa shape index (κ2) is 8.16. The third kappa shape index (κ3) is 4.05. The summed E-state index contributed by atoms with van der Waals surface area (Å²) in [6, 6.07) is 5.78. The second-order valence-electron chi connectivity index (χ2n) is 5.25. The van der Waals surface area contributed by atoms with Gasteiger partial charge in [-0.2, -0.15) is 0 Å². The van der Waals surface area contributed by atoms with E-state index in [1.165, 1.54) is 18.4 Å². The summed E-state index contributed by atoms with van der Waals surface area (Å²) in [6.07, 6.45) is 5.36. The van der Waals surface area contributed by atoms with Crippen molar-refractivity contribution in [1.29, 1.82) is 0 Å². The average molecular weight is 306 g/mol. The van der Waals surface area contributed by atoms with E-state index in [2.05, 4.69) is 23.7 Å². The molecule has 0 saturated carbocycles. The van der Waals surface area contributed by atoms with Crippen LogP contribution in [0.3, 0.4) is 0 Å². The first-order chi connectivity index (χ1) is 10.3. The lowest BCUT2D eigenvalue weighted by molar-refractivity contribution is 0.278. The van der Waals surface area contributed by atoms with E-state index in [-0.39, 0.29) is 8.69 Å². The molecule has 1 heterocycles. The molecule has 0 bridgehead atoms. The Morgan fingerprint density at radius 3 is 2.62 bits per heavy atom. The molecule has 1 aromatic heterocycles. The zero-order valence-corrected chi connectivity index (χ0v) is 13.7. The molecule has 0 aliphatic rings. The van der Waals surface area contributed by atoms with Crippen LogP contribution in [0.4, 0.5) is 0 Å². The third-order valence-corrected chi connectivity index (χ3v) is 3.93. The van der Waals surface area contributed by atoms with Crippen LogP contribution in [-0.4, -0.2) is 29.5 Å². The molecular weight excluding hydrogens is 283 g/mol. The first kappa shape index (κ1) is 16.0. The smallest absolute Gasteiger partial charge is 0.395 e. The molecule has 0 aliphatic carbocycles. The van der Waals surface area contributed by atoms with Crippen molar-refractivity contribution in [3.63, 3.8) is 0 Å². The molecule has 0 fully saturated rings. The zero-order chi connectivity index (χ0) is 15.1. The van der Waals surface area contributed by atoms with Gasteiger partial charge in [0.05, 0.1) is 0 Å². The van der Waals surface area contributed by atoms with Crippen LogP contribution in [0.5, 0.6) is 5.75 Å². The Hall–Kier alpha value is -1.38. The van der Waals surface area contributed by atoms with Gasteiger partial charge in [0.2, 0.25) is 0 Å². The number of aromatic nitrogens is 1. The van der Waals surface area contributed by atoms with Crippen molar-refractivity contribution in [3.8, 4) is 5.75 Å². The van der Waals surface area contributed by atoms with Crippen molar-refractivity contribution in [3.05, 3.63) is 30.0 Å². The molecule has 4 nitrogen and oxygen atoms in total. The minimum Gasteiger partial charge on any atom is -0.407 e. The van der Waals surface area contributed by atoms with E-state index >= 15 is 0 Å². The largest absolute Gasteiger partial charge is 0.407 e. The molecule has 21 heavy (non-hydrogen) atoms. The van der Waals surface area contributed by atoms with Gasteiger partial charge in [-0.3, -0.25) is 0 Å². The summed E-state index contributed by atoms with van der Waals surface area (Å²) in [6.45, 7) is 7.75. The molecule has 0 spiro atoms. The van der Waals surface area contributed by atoms with E-state index in [4.69, 9.17) is 4.52 Å². The fourth-order valence-electron chi connectivity index (χ4n) is 2.78. The Bertz CT molecular complexity index is 577. The Labute approximate surface area is 127 Å². The molecule has 1 N–H and O–H groups in total. The van der Waals surface area contributed by atoms with Crippen LogP contribution in [0, 0.1) is 0 Å². The lowest BCUT2D eigenvalue weighted by Crippen LogP contribution is -2.27. The van der Waals surface area contributed by atoms with Crippen LogP contribution in [-0.2, 0) is 11.0 Å². The zero-order valence-electron chi connectivity index (χ0n) is 12.8. The Balaban J connectivity index is 2.16. The Kier molecular flexibility index (Phi) is 6.21. The Morgan fingerprint density at radius 2 is 1.95 bits per heavy atom. The van der Waals surface area contributed by atoms with Gasteiger partial charge in [0.25, 0.3) is 0 Å². The van der Waals surface area contributed by atoms with Crippen LogP contribution in [0.15, 0.2) is 24.4 Å². The van der Waals surface area contributed by atoms with Crippen molar-refractivity contribution in [2.75, 3.05) is 19.6 Å². The lowest BCUT2D eigenvalue weighted by Gasteiger charge is -2.20. The third-order valence-electron chi connectivity index (χ3n) is 3.66. The molecule has 0 amide bonds. The van der Waals surface area contributed by atoms with Crippen molar-refractivity contribution < 1.29 is 9.09 Å². The highest BCUT2D eigenvalue weighted by Crippen LogP contribution is 2.30. The summed E-state index contributed by atoms with van der Waals surface area (Å²) in [5.41, 5.74) is 2.25. The number of hydrogen-bond donors (Lipinski definition) is 1. The molecular formula is C16H23N2O2P. The highest BCUT2D eigenvalue weighted by molar-refractivity contribution is 7.17. The van der Waals surface area contributed by atoms with E-state index in [1.54, 1.807) is 0 Å². The van der Waals surface area contributed by atoms with E-state index in [1.807, 2.05) is 24.4 Å². The number of hydrogen-bond acceptors (Lipinski definition) is 3. The van der Waals surface area contributed by atoms with E-state index in [9.17, 15) is 4.57 Å². The van der Waals surface area contributed by atoms with Crippen LogP contribution in [0.25, 0.3) is 10.9 Å². The number of nitrogens with one attached hydrogen (secondary N) is 1. The van der Waals surface area contributed by atoms with Gasteiger partial charge < -0.3 is 14.4 Å². The molecule has 0 saturated heterocycles. The molecule has 0 unspecified atom stereocenters. The predicted octanol–water partition coefficient (Wildman–Crippen LogP) is 4.42. The minimum absolute atomic E-state index is 0.311. The van der Waals surface area contributed by atoms with Gasteiger partial charge in [-0.25, -0.2) is 4.57 Å². The maximum absolute atomic E-state index is 10.7. The highest BCUT2D eigenvalue weighted by atomic mass is 31.1. The molecule has 0 atom stereocenters. The summed E-state index contributed by atoms with van der Waals surface area (Å²) in [5, 5.41) is 1.05. The first-order valence-electron chi connectivity index (χ1n) is 7.61. The van der Waals surface area contributed by atoms with Crippen molar-refractivity contribution in [2.24, 2.45) is 0 Å². The number of aromatic amines is 1. The molecule has 114 valence electrons. The molecule has 1 aromatic carbocycles. The number of benzene rings is 1. The van der Waals surface area contributed by atoms with E-state index in [0.29, 0.717) is 5.75 Å². The SMILES string of the molecule is CCCN(CCC)CCc1c[nH]c2cccc(OP=O)c12. The van der Waals surface area contributed by atoms with Crippen LogP contribution < -0.4 is 4.52 Å². The first-order valence-corrected chi connectivity index (χ1v) is 8.34. The molecule has 5 heteroatoms. The van der Waals surface area contributed by atoms with Gasteiger partial charge in [0, 0.05) is 23.6 Å². The summed E-state index contributed by atoms with van der Waals surface area (Å²) in [4.78, 5) is 5.77. The summed E-state index contributed by atoms with van der Waals surface area (Å²) < 4.78 is 15.9. The van der Waals surface area contributed by atoms with Crippen LogP contribution in [0.2, 0.25) is 0 Å². The quantitative estimate of drug-likeness (QED) is 0.698. The number of rotatable bonds is 9. The molecule has 0 radical (unpaired) electrons. The summed E-state index contributed by atoms with van der Waals surface area (Å²) in [7, 11) is -0.311. The van der Waals surface area contributed by atoms with E-state index < -0.39 is 0 Å².